The summed E-state index contributed by atoms with van der Waals surface area (Å²) in [6.07, 6.45) is -4.91. The summed E-state index contributed by atoms with van der Waals surface area (Å²) < 4.78 is 30.1. The average Bonchev–Trinajstić information content (AvgIpc) is 1.66. The van der Waals surface area contributed by atoms with Gasteiger partial charge in [0.25, 0.3) is 0 Å². The molecule has 6 rings (SSSR count). The summed E-state index contributed by atoms with van der Waals surface area (Å²) in [6.45, 7) is 12.2. The number of aliphatic hydroxyl groups is 3. The van der Waals surface area contributed by atoms with E-state index in [4.69, 9.17) is 0 Å². The molecule has 11 amide bonds. The van der Waals surface area contributed by atoms with Crippen molar-refractivity contribution in [1.82, 2.24) is 63.1 Å². The van der Waals surface area contributed by atoms with Crippen molar-refractivity contribution in [3.63, 3.8) is 0 Å². The predicted molar refractivity (Wildman–Crippen MR) is 318 cm³/mol. The van der Waals surface area contributed by atoms with Gasteiger partial charge in [-0.05, 0) is 68.9 Å². The fourth-order valence-electron chi connectivity index (χ4n) is 10.4. The summed E-state index contributed by atoms with van der Waals surface area (Å²) in [5.41, 5.74) is 0.473. The van der Waals surface area contributed by atoms with Gasteiger partial charge in [0.15, 0.2) is 9.84 Å². The van der Waals surface area contributed by atoms with Crippen LogP contribution in [0.1, 0.15) is 92.7 Å². The van der Waals surface area contributed by atoms with Crippen LogP contribution < -0.4 is 58.5 Å². The number of aliphatic hydroxyl groups excluding tert-OH is 3. The molecule has 0 aliphatic carbocycles. The molecule has 2 aromatic carbocycles. The van der Waals surface area contributed by atoms with Crippen molar-refractivity contribution in [2.75, 3.05) is 37.3 Å². The molecule has 1 aromatic heterocycles. The number of nitrogens with zero attached hydrogens (tertiary/aromatic N) is 1. The Labute approximate surface area is 509 Å². The zero-order valence-electron chi connectivity index (χ0n) is 50.7. The van der Waals surface area contributed by atoms with Crippen molar-refractivity contribution in [1.29, 1.82) is 0 Å². The molecule has 3 aliphatic heterocycles. The molecule has 4 heterocycles. The lowest BCUT2D eigenvalue weighted by Gasteiger charge is -2.33. The number of amides is 11. The van der Waals surface area contributed by atoms with Gasteiger partial charge in [0, 0.05) is 54.0 Å². The third kappa shape index (κ3) is 18.0. The van der Waals surface area contributed by atoms with Gasteiger partial charge in [0.05, 0.1) is 50.1 Å². The zero-order chi connectivity index (χ0) is 65.1. The number of nitrogens with one attached hydrogen (secondary N) is 12. The summed E-state index contributed by atoms with van der Waals surface area (Å²) in [4.78, 5) is 159. The van der Waals surface area contributed by atoms with Crippen LogP contribution in [0.25, 0.3) is 10.9 Å². The van der Waals surface area contributed by atoms with Gasteiger partial charge in [-0.2, -0.15) is 0 Å². The maximum atomic E-state index is 15.0. The van der Waals surface area contributed by atoms with E-state index in [1.165, 1.54) is 38.1 Å². The molecule has 88 heavy (non-hydrogen) atoms. The molecule has 0 radical (unpaired) electrons. The highest BCUT2D eigenvalue weighted by atomic mass is 32.2. The van der Waals surface area contributed by atoms with Crippen LogP contribution in [0.15, 0.2) is 53.6 Å². The van der Waals surface area contributed by atoms with Crippen molar-refractivity contribution in [2.24, 2.45) is 17.8 Å². The van der Waals surface area contributed by atoms with E-state index in [-0.39, 0.29) is 40.4 Å². The Balaban J connectivity index is 1.38. The number of aromatic nitrogens is 1. The summed E-state index contributed by atoms with van der Waals surface area (Å²) in [5.74, 6) is -13.9. The number of hydrogen-bond acceptors (Lipinski definition) is 17. The second kappa shape index (κ2) is 29.8. The Morgan fingerprint density at radius 1 is 0.761 bits per heavy atom. The van der Waals surface area contributed by atoms with Gasteiger partial charge in [-0.1, -0.05) is 71.4 Å². The van der Waals surface area contributed by atoms with Crippen molar-refractivity contribution in [3.8, 4) is 0 Å². The number of aromatic amines is 1. The SMILES string of the molecule is CC[C@H](C)[C@@H]1NC(=O)CNC(=O)[C@@H]2Cc3c([nH]c4ccccc34)S(=O)(=O)C[C@H](NC(=O)CNC1=O)C(=O)N[C@@H](CC(=O)NCc1ccc(NC(=O)[C@H](C)NC(=O)[C@@H](NC(C)(C)C)C(C)C)cc1)C(=O)N1C[C@H](O)C[C@H]1C(=O)N[C@@H]([C@@H](C)[C@@H](O)CO)C(=O)N2. The highest BCUT2D eigenvalue weighted by Crippen LogP contribution is 2.30. The van der Waals surface area contributed by atoms with Gasteiger partial charge >= 0.3 is 0 Å². The molecule has 15 N–H and O–H groups in total. The van der Waals surface area contributed by atoms with Crippen LogP contribution in [0, 0.1) is 17.8 Å². The topological polar surface area (TPSA) is 434 Å². The molecule has 0 saturated carbocycles. The van der Waals surface area contributed by atoms with Crippen LogP contribution in [0.2, 0.25) is 0 Å². The first kappa shape index (κ1) is 69.0. The standard InChI is InChI=1S/C58H83N13O16S/c1-10-29(4)47-53(82)61-23-44(76)64-40-27-88(86,87)56-36(35-13-11-12-14-37(35)67-56)20-38(50(79)60-24-45(77)68-47)65-55(84)48(30(5)42(74)26-72)69-52(81)41-19-34(73)25-71(41)57(85)39(66-51(40)80)21-43(75)59-22-32-15-17-33(18-16-32)63-49(78)31(6)62-54(83)46(28(2)3)70-58(7,8)9/h11-18,28-31,34,38-42,46-48,67,70,72-74H,10,19-27H2,1-9H3,(H,59,75)(H,60,79)(H,61,82)(H,62,83)(H,63,78)(H,64,76)(H,65,84)(H,66,80)(H,68,77)(H,69,81)/t29-,30-,31-,34+,38-,39-,40-,41-,42-,46-,47-,48-/m0/s1. The molecular weight excluding hydrogens is 1170 g/mol. The van der Waals surface area contributed by atoms with E-state index in [0.29, 0.717) is 17.7 Å². The molecule has 0 unspecified atom stereocenters. The maximum Gasteiger partial charge on any atom is 0.246 e. The molecule has 29 nitrogen and oxygen atoms in total. The van der Waals surface area contributed by atoms with Gasteiger partial charge in [0.1, 0.15) is 47.3 Å². The summed E-state index contributed by atoms with van der Waals surface area (Å²) in [7, 11) is -4.93. The van der Waals surface area contributed by atoms with Crippen LogP contribution in [0.3, 0.4) is 0 Å². The highest BCUT2D eigenvalue weighted by Gasteiger charge is 2.46. The molecule has 1 saturated heterocycles. The molecule has 0 spiro atoms. The quantitative estimate of drug-likeness (QED) is 0.0710. The number of para-hydroxylation sites is 1. The average molecular weight is 1250 g/mol. The molecule has 3 aliphatic rings. The van der Waals surface area contributed by atoms with E-state index < -0.39 is 198 Å². The van der Waals surface area contributed by atoms with Crippen LogP contribution >= 0.6 is 0 Å². The second-order valence-electron chi connectivity index (χ2n) is 24.1. The Morgan fingerprint density at radius 2 is 1.41 bits per heavy atom. The number of rotatable bonds is 15. The lowest BCUT2D eigenvalue weighted by Crippen LogP contribution is -2.62. The van der Waals surface area contributed by atoms with Gasteiger partial charge < -0.3 is 83.7 Å². The summed E-state index contributed by atoms with van der Waals surface area (Å²) in [6, 6.07) is -0.0617. The van der Waals surface area contributed by atoms with E-state index in [0.717, 1.165) is 4.90 Å². The van der Waals surface area contributed by atoms with E-state index >= 15 is 8.42 Å². The molecule has 3 aromatic rings. The minimum Gasteiger partial charge on any atom is -0.394 e. The number of fused-ring (bicyclic) bond motifs is 5. The van der Waals surface area contributed by atoms with E-state index in [1.54, 1.807) is 38.1 Å². The monoisotopic (exact) mass is 1250 g/mol. The number of carbonyl (C=O) groups is 11. The fraction of sp³-hybridized carbons (Fsp3) is 0.569. The summed E-state index contributed by atoms with van der Waals surface area (Å²) in [5, 5.41) is 60.1. The molecule has 2 bridgehead atoms. The van der Waals surface area contributed by atoms with Crippen LogP contribution in [0.5, 0.6) is 0 Å². The van der Waals surface area contributed by atoms with Crippen LogP contribution in [0.4, 0.5) is 5.69 Å². The van der Waals surface area contributed by atoms with E-state index in [1.807, 2.05) is 34.6 Å². The largest absolute Gasteiger partial charge is 0.394 e. The highest BCUT2D eigenvalue weighted by molar-refractivity contribution is 7.91. The van der Waals surface area contributed by atoms with Crippen molar-refractivity contribution >= 4 is 91.4 Å². The number of H-pyrrole nitrogens is 1. The van der Waals surface area contributed by atoms with Crippen molar-refractivity contribution in [3.05, 3.63) is 59.7 Å². The predicted octanol–water partition coefficient (Wildman–Crippen LogP) is -3.27. The number of sulfone groups is 1. The first-order chi connectivity index (χ1) is 41.3. The number of anilines is 1. The minimum absolute atomic E-state index is 0.0878. The van der Waals surface area contributed by atoms with Gasteiger partial charge in [-0.15, -0.1) is 0 Å². The normalized spacial score (nSPS) is 24.5. The Hall–Kier alpha value is -8.06. The Morgan fingerprint density at radius 3 is 2.05 bits per heavy atom. The summed E-state index contributed by atoms with van der Waals surface area (Å²) >= 11 is 0. The first-order valence-electron chi connectivity index (χ1n) is 29.2. The third-order valence-electron chi connectivity index (χ3n) is 15.6. The minimum atomic E-state index is -4.93. The Bertz CT molecular complexity index is 3220. The molecule has 30 heteroatoms. The third-order valence-corrected chi connectivity index (χ3v) is 17.3. The first-order valence-corrected chi connectivity index (χ1v) is 30.9. The number of hydrogen-bond donors (Lipinski definition) is 15. The van der Waals surface area contributed by atoms with Crippen molar-refractivity contribution < 1.29 is 76.5 Å². The molecule has 12 atom stereocenters. The maximum absolute atomic E-state index is 15.0. The van der Waals surface area contributed by atoms with Gasteiger partial charge in [0.2, 0.25) is 65.0 Å². The zero-order valence-corrected chi connectivity index (χ0v) is 51.5. The van der Waals surface area contributed by atoms with Crippen LogP contribution in [-0.2, 0) is 75.5 Å². The molecule has 1 fully saturated rings. The Kier molecular flexibility index (Phi) is 23.3. The fourth-order valence-corrected chi connectivity index (χ4v) is 12.1. The van der Waals surface area contributed by atoms with Gasteiger partial charge in [-0.3, -0.25) is 52.7 Å². The molecule has 482 valence electrons. The van der Waals surface area contributed by atoms with Crippen molar-refractivity contribution in [2.45, 2.75) is 166 Å². The van der Waals surface area contributed by atoms with Gasteiger partial charge in [-0.25, -0.2) is 8.42 Å². The lowest BCUT2D eigenvalue weighted by molar-refractivity contribution is -0.144. The lowest BCUT2D eigenvalue weighted by atomic mass is 9.93. The number of carbonyl (C=O) groups excluding carboxylic acids is 11. The van der Waals surface area contributed by atoms with E-state index in [2.05, 4.69) is 63.5 Å². The van der Waals surface area contributed by atoms with Crippen LogP contribution in [-0.4, -0.2) is 197 Å². The molecular formula is C58H83N13O16S. The van der Waals surface area contributed by atoms with E-state index in [9.17, 15) is 68.1 Å². The second-order valence-corrected chi connectivity index (χ2v) is 26.0. The number of benzene rings is 2. The smallest absolute Gasteiger partial charge is 0.246 e.